The van der Waals surface area contributed by atoms with Crippen LogP contribution in [0, 0.1) is 11.7 Å². The first-order chi connectivity index (χ1) is 8.49. The fraction of sp³-hybridized carbons (Fsp3) is 0.462. The van der Waals surface area contributed by atoms with Gasteiger partial charge in [-0.15, -0.1) is 0 Å². The number of amides is 1. The SMILES string of the molecule is NC1(C2CC2)CN(C(=O)c2cc(F)ccc2O)C1. The molecule has 0 bridgehead atoms. The molecule has 1 aromatic carbocycles. The average Bonchev–Trinajstić information content (AvgIpc) is 3.11. The maximum Gasteiger partial charge on any atom is 0.257 e. The lowest BCUT2D eigenvalue weighted by molar-refractivity contribution is 0.0347. The second-order valence-corrected chi connectivity index (χ2v) is 5.33. The van der Waals surface area contributed by atoms with Gasteiger partial charge in [-0.3, -0.25) is 4.79 Å². The standard InChI is InChI=1S/C13H15FN2O2/c14-9-3-4-11(17)10(5-9)12(18)16-6-13(15,7-16)8-1-2-8/h3-5,8,17H,1-2,6-7,15H2. The molecule has 0 unspecified atom stereocenters. The van der Waals surface area contributed by atoms with E-state index in [0.29, 0.717) is 19.0 Å². The first-order valence-electron chi connectivity index (χ1n) is 6.06. The lowest BCUT2D eigenvalue weighted by atomic mass is 9.85. The predicted octanol–water partition coefficient (Wildman–Crippen LogP) is 1.09. The molecule has 0 radical (unpaired) electrons. The molecule has 96 valence electrons. The zero-order valence-corrected chi connectivity index (χ0v) is 9.90. The minimum Gasteiger partial charge on any atom is -0.507 e. The van der Waals surface area contributed by atoms with E-state index in [1.807, 2.05) is 0 Å². The molecule has 1 amide bonds. The average molecular weight is 250 g/mol. The van der Waals surface area contributed by atoms with Gasteiger partial charge in [0.1, 0.15) is 11.6 Å². The number of likely N-dealkylation sites (tertiary alicyclic amines) is 1. The van der Waals surface area contributed by atoms with Crippen LogP contribution in [0.5, 0.6) is 5.75 Å². The van der Waals surface area contributed by atoms with E-state index in [1.54, 1.807) is 4.90 Å². The highest BCUT2D eigenvalue weighted by atomic mass is 19.1. The Morgan fingerprint density at radius 2 is 2.11 bits per heavy atom. The Balaban J connectivity index is 1.74. The van der Waals surface area contributed by atoms with Crippen LogP contribution in [0.2, 0.25) is 0 Å². The van der Waals surface area contributed by atoms with Crippen molar-refractivity contribution < 1.29 is 14.3 Å². The zero-order chi connectivity index (χ0) is 12.9. The van der Waals surface area contributed by atoms with Gasteiger partial charge in [-0.25, -0.2) is 4.39 Å². The van der Waals surface area contributed by atoms with Crippen LogP contribution in [0.25, 0.3) is 0 Å². The molecule has 1 aromatic rings. The molecule has 2 aliphatic rings. The van der Waals surface area contributed by atoms with Crippen molar-refractivity contribution in [3.8, 4) is 5.75 Å². The van der Waals surface area contributed by atoms with E-state index in [-0.39, 0.29) is 22.8 Å². The van der Waals surface area contributed by atoms with Gasteiger partial charge in [-0.2, -0.15) is 0 Å². The van der Waals surface area contributed by atoms with E-state index in [1.165, 1.54) is 6.07 Å². The molecule has 0 aromatic heterocycles. The molecule has 3 rings (SSSR count). The highest BCUT2D eigenvalue weighted by molar-refractivity contribution is 5.97. The van der Waals surface area contributed by atoms with Crippen molar-refractivity contribution in [2.45, 2.75) is 18.4 Å². The molecule has 1 heterocycles. The lowest BCUT2D eigenvalue weighted by Gasteiger charge is -2.48. The molecule has 18 heavy (non-hydrogen) atoms. The van der Waals surface area contributed by atoms with Crippen LogP contribution in [-0.2, 0) is 0 Å². The van der Waals surface area contributed by atoms with Crippen molar-refractivity contribution in [3.63, 3.8) is 0 Å². The second kappa shape index (κ2) is 3.68. The summed E-state index contributed by atoms with van der Waals surface area (Å²) in [5.74, 6) is -0.559. The van der Waals surface area contributed by atoms with Gasteiger partial charge in [0.25, 0.3) is 5.91 Å². The maximum atomic E-state index is 13.1. The number of hydrogen-bond acceptors (Lipinski definition) is 3. The number of carbonyl (C=O) groups is 1. The Kier molecular flexibility index (Phi) is 2.35. The third-order valence-electron chi connectivity index (χ3n) is 3.84. The predicted molar refractivity (Wildman–Crippen MR) is 63.6 cm³/mol. The van der Waals surface area contributed by atoms with Crippen molar-refractivity contribution in [2.24, 2.45) is 11.7 Å². The summed E-state index contributed by atoms with van der Waals surface area (Å²) in [6.07, 6.45) is 2.26. The summed E-state index contributed by atoms with van der Waals surface area (Å²) in [7, 11) is 0. The molecule has 1 aliphatic heterocycles. The molecule has 1 saturated carbocycles. The summed E-state index contributed by atoms with van der Waals surface area (Å²) in [5.41, 5.74) is 5.89. The molecule has 5 heteroatoms. The molecular weight excluding hydrogens is 235 g/mol. The van der Waals surface area contributed by atoms with E-state index in [2.05, 4.69) is 0 Å². The first-order valence-corrected chi connectivity index (χ1v) is 6.06. The van der Waals surface area contributed by atoms with Crippen molar-refractivity contribution in [1.82, 2.24) is 4.90 Å². The summed E-state index contributed by atoms with van der Waals surface area (Å²) in [6, 6.07) is 3.38. The van der Waals surface area contributed by atoms with Gasteiger partial charge < -0.3 is 15.7 Å². The highest BCUT2D eigenvalue weighted by Gasteiger charge is 2.51. The monoisotopic (exact) mass is 250 g/mol. The normalized spacial score (nSPS) is 21.6. The Morgan fingerprint density at radius 3 is 2.72 bits per heavy atom. The molecule has 1 aliphatic carbocycles. The Hall–Kier alpha value is -1.62. The number of aromatic hydroxyl groups is 1. The van der Waals surface area contributed by atoms with Crippen molar-refractivity contribution in [1.29, 1.82) is 0 Å². The number of benzene rings is 1. The largest absolute Gasteiger partial charge is 0.507 e. The van der Waals surface area contributed by atoms with E-state index in [9.17, 15) is 14.3 Å². The van der Waals surface area contributed by atoms with Gasteiger partial charge in [0.2, 0.25) is 0 Å². The van der Waals surface area contributed by atoms with Gasteiger partial charge in [-0.05, 0) is 37.0 Å². The molecule has 2 fully saturated rings. The molecule has 0 atom stereocenters. The van der Waals surface area contributed by atoms with Gasteiger partial charge in [-0.1, -0.05) is 0 Å². The Labute approximate surface area is 104 Å². The molecule has 1 saturated heterocycles. The van der Waals surface area contributed by atoms with Crippen molar-refractivity contribution in [3.05, 3.63) is 29.6 Å². The van der Waals surface area contributed by atoms with Gasteiger partial charge >= 0.3 is 0 Å². The number of nitrogens with two attached hydrogens (primary N) is 1. The van der Waals surface area contributed by atoms with Gasteiger partial charge in [0.05, 0.1) is 11.1 Å². The Morgan fingerprint density at radius 1 is 1.44 bits per heavy atom. The van der Waals surface area contributed by atoms with Crippen LogP contribution in [-0.4, -0.2) is 34.5 Å². The molecule has 3 N–H and O–H groups in total. The number of hydrogen-bond donors (Lipinski definition) is 2. The topological polar surface area (TPSA) is 66.6 Å². The Bertz CT molecular complexity index is 508. The molecular formula is C13H15FN2O2. The minimum absolute atomic E-state index is 0.00727. The molecule has 0 spiro atoms. The summed E-state index contributed by atoms with van der Waals surface area (Å²) in [4.78, 5) is 13.6. The summed E-state index contributed by atoms with van der Waals surface area (Å²) >= 11 is 0. The summed E-state index contributed by atoms with van der Waals surface area (Å²) in [5, 5.41) is 9.58. The third-order valence-corrected chi connectivity index (χ3v) is 3.84. The van der Waals surface area contributed by atoms with Crippen molar-refractivity contribution in [2.75, 3.05) is 13.1 Å². The van der Waals surface area contributed by atoms with Crippen LogP contribution in [0.4, 0.5) is 4.39 Å². The van der Waals surface area contributed by atoms with Crippen molar-refractivity contribution >= 4 is 5.91 Å². The van der Waals surface area contributed by atoms with E-state index in [4.69, 9.17) is 5.73 Å². The van der Waals surface area contributed by atoms with Gasteiger partial charge in [0, 0.05) is 13.1 Å². The number of phenolic OH excluding ortho intramolecular Hbond substituents is 1. The van der Waals surface area contributed by atoms with E-state index >= 15 is 0 Å². The highest BCUT2D eigenvalue weighted by Crippen LogP contribution is 2.43. The van der Waals surface area contributed by atoms with Crippen LogP contribution in [0.1, 0.15) is 23.2 Å². The summed E-state index contributed by atoms with van der Waals surface area (Å²) in [6.45, 7) is 0.985. The molecule has 4 nitrogen and oxygen atoms in total. The number of nitrogens with zero attached hydrogens (tertiary/aromatic N) is 1. The fourth-order valence-corrected chi connectivity index (χ4v) is 2.57. The minimum atomic E-state index is -0.530. The number of halogens is 1. The number of phenols is 1. The zero-order valence-electron chi connectivity index (χ0n) is 9.90. The maximum absolute atomic E-state index is 13.1. The van der Waals surface area contributed by atoms with Crippen LogP contribution >= 0.6 is 0 Å². The second-order valence-electron chi connectivity index (χ2n) is 5.33. The van der Waals surface area contributed by atoms with E-state index in [0.717, 1.165) is 25.0 Å². The van der Waals surface area contributed by atoms with Crippen LogP contribution < -0.4 is 5.73 Å². The van der Waals surface area contributed by atoms with Gasteiger partial charge in [0.15, 0.2) is 0 Å². The van der Waals surface area contributed by atoms with Crippen LogP contribution in [0.3, 0.4) is 0 Å². The first kappa shape index (κ1) is 11.5. The lowest BCUT2D eigenvalue weighted by Crippen LogP contribution is -2.69. The third kappa shape index (κ3) is 1.75. The van der Waals surface area contributed by atoms with E-state index < -0.39 is 5.82 Å². The quantitative estimate of drug-likeness (QED) is 0.825. The smallest absolute Gasteiger partial charge is 0.257 e. The number of rotatable bonds is 2. The fourth-order valence-electron chi connectivity index (χ4n) is 2.57. The van der Waals surface area contributed by atoms with Crippen LogP contribution in [0.15, 0.2) is 18.2 Å². The summed E-state index contributed by atoms with van der Waals surface area (Å²) < 4.78 is 13.1. The number of carbonyl (C=O) groups excluding carboxylic acids is 1.